The van der Waals surface area contributed by atoms with E-state index in [9.17, 15) is 9.59 Å². The van der Waals surface area contributed by atoms with Gasteiger partial charge in [-0.2, -0.15) is 0 Å². The van der Waals surface area contributed by atoms with Crippen LogP contribution in [0.3, 0.4) is 0 Å². The van der Waals surface area contributed by atoms with Gasteiger partial charge in [-0.1, -0.05) is 17.8 Å². The number of thiophene rings is 2. The predicted octanol–water partition coefficient (Wildman–Crippen LogP) is 3.78. The molecular weight excluding hydrogens is 374 g/mol. The molecule has 0 aromatic carbocycles. The van der Waals surface area contributed by atoms with Crippen molar-refractivity contribution in [3.63, 3.8) is 0 Å². The molecule has 1 atom stereocenters. The Morgan fingerprint density at radius 1 is 1.40 bits per heavy atom. The van der Waals surface area contributed by atoms with E-state index in [0.29, 0.717) is 17.1 Å². The van der Waals surface area contributed by atoms with Crippen molar-refractivity contribution in [3.05, 3.63) is 33.2 Å². The van der Waals surface area contributed by atoms with Crippen LogP contribution in [0.2, 0.25) is 0 Å². The lowest BCUT2D eigenvalue weighted by molar-refractivity contribution is -0.127. The summed E-state index contributed by atoms with van der Waals surface area (Å²) < 4.78 is 1.66. The second-order valence-corrected chi connectivity index (χ2v) is 8.86. The Kier molecular flexibility index (Phi) is 5.31. The largest absolute Gasteiger partial charge is 0.348 e. The maximum absolute atomic E-state index is 13.1. The molecule has 0 saturated carbocycles. The topological polar surface area (TPSA) is 55.2 Å². The number of hydrogen-bond acceptors (Lipinski definition) is 6. The molecule has 0 fully saturated rings. The molecule has 5 nitrogen and oxygen atoms in total. The molecule has 0 unspecified atom stereocenters. The van der Waals surface area contributed by atoms with Gasteiger partial charge in [-0.3, -0.25) is 14.2 Å². The maximum atomic E-state index is 13.1. The van der Waals surface area contributed by atoms with Gasteiger partial charge in [0.1, 0.15) is 4.83 Å². The summed E-state index contributed by atoms with van der Waals surface area (Å²) in [5.41, 5.74) is 0.910. The summed E-state index contributed by atoms with van der Waals surface area (Å²) in [5.74, 6) is 0.00690. The second-order valence-electron chi connectivity index (χ2n) is 5.74. The first kappa shape index (κ1) is 18.2. The van der Waals surface area contributed by atoms with E-state index in [-0.39, 0.29) is 16.7 Å². The highest BCUT2D eigenvalue weighted by Gasteiger charge is 2.22. The van der Waals surface area contributed by atoms with E-state index < -0.39 is 0 Å². The first-order valence-electron chi connectivity index (χ1n) is 7.87. The van der Waals surface area contributed by atoms with Crippen LogP contribution >= 0.6 is 34.4 Å². The Balaban J connectivity index is 2.10. The summed E-state index contributed by atoms with van der Waals surface area (Å²) in [4.78, 5) is 33.3. The molecule has 1 amide bonds. The molecule has 0 spiro atoms. The minimum atomic E-state index is -0.297. The molecular formula is C17H19N3O2S3. The lowest BCUT2D eigenvalue weighted by Gasteiger charge is -2.17. The highest BCUT2D eigenvalue weighted by Crippen LogP contribution is 2.35. The molecule has 0 aliphatic carbocycles. The van der Waals surface area contributed by atoms with E-state index in [1.165, 1.54) is 23.1 Å². The normalized spacial score (nSPS) is 12.5. The Morgan fingerprint density at radius 2 is 2.16 bits per heavy atom. The summed E-state index contributed by atoms with van der Waals surface area (Å²) >= 11 is 4.43. The fourth-order valence-electron chi connectivity index (χ4n) is 2.56. The van der Waals surface area contributed by atoms with Crippen LogP contribution in [-0.4, -0.2) is 39.7 Å². The second kappa shape index (κ2) is 7.31. The fourth-order valence-corrected chi connectivity index (χ4v) is 5.48. The number of fused-ring (bicyclic) bond motifs is 1. The van der Waals surface area contributed by atoms with Gasteiger partial charge < -0.3 is 4.90 Å². The highest BCUT2D eigenvalue weighted by atomic mass is 32.2. The molecule has 8 heteroatoms. The zero-order valence-electron chi connectivity index (χ0n) is 14.5. The molecule has 0 N–H and O–H groups in total. The lowest BCUT2D eigenvalue weighted by Crippen LogP contribution is -2.31. The van der Waals surface area contributed by atoms with Crippen LogP contribution in [0.4, 0.5) is 0 Å². The monoisotopic (exact) mass is 393 g/mol. The summed E-state index contributed by atoms with van der Waals surface area (Å²) in [6.45, 7) is 4.29. The molecule has 3 rings (SSSR count). The molecule has 0 radical (unpaired) electrons. The summed E-state index contributed by atoms with van der Waals surface area (Å²) in [6.07, 6.45) is 0. The minimum Gasteiger partial charge on any atom is -0.348 e. The molecule has 0 saturated heterocycles. The highest BCUT2D eigenvalue weighted by molar-refractivity contribution is 8.00. The van der Waals surface area contributed by atoms with Crippen molar-refractivity contribution in [2.75, 3.05) is 14.1 Å². The Bertz CT molecular complexity index is 958. The first-order chi connectivity index (χ1) is 11.9. The van der Waals surface area contributed by atoms with Crippen molar-refractivity contribution < 1.29 is 4.79 Å². The van der Waals surface area contributed by atoms with Crippen molar-refractivity contribution >= 4 is 50.6 Å². The van der Waals surface area contributed by atoms with Crippen LogP contribution < -0.4 is 5.56 Å². The van der Waals surface area contributed by atoms with Crippen LogP contribution in [0, 0.1) is 0 Å². The number of hydrogen-bond donors (Lipinski definition) is 0. The molecule has 0 aliphatic heterocycles. The third-order valence-electron chi connectivity index (χ3n) is 3.83. The van der Waals surface area contributed by atoms with Crippen molar-refractivity contribution in [3.8, 4) is 10.4 Å². The van der Waals surface area contributed by atoms with Gasteiger partial charge in [-0.15, -0.1) is 22.7 Å². The molecule has 132 valence electrons. The number of rotatable bonds is 5. The summed E-state index contributed by atoms with van der Waals surface area (Å²) in [7, 11) is 3.46. The number of aromatic nitrogens is 2. The Morgan fingerprint density at radius 3 is 2.76 bits per heavy atom. The van der Waals surface area contributed by atoms with E-state index in [4.69, 9.17) is 4.98 Å². The average molecular weight is 394 g/mol. The van der Waals surface area contributed by atoms with Crippen molar-refractivity contribution in [1.82, 2.24) is 14.5 Å². The summed E-state index contributed by atoms with van der Waals surface area (Å²) in [5, 5.41) is 4.97. The molecule has 3 aromatic heterocycles. The lowest BCUT2D eigenvalue weighted by atomic mass is 10.2. The fraction of sp³-hybridized carbons (Fsp3) is 0.353. The molecule has 0 aliphatic rings. The van der Waals surface area contributed by atoms with Crippen molar-refractivity contribution in [2.45, 2.75) is 30.8 Å². The number of carbonyl (C=O) groups is 1. The number of nitrogens with zero attached hydrogens (tertiary/aromatic N) is 3. The standard InChI is InChI=1S/C17H19N3O2S3/c1-5-20-16(22)13-11(12-7-6-8-23-12)9-24-14(13)18-17(20)25-10(2)15(21)19(3)4/h6-10H,5H2,1-4H3/t10-/m0/s1. The Hall–Kier alpha value is -1.64. The van der Waals surface area contributed by atoms with E-state index in [1.54, 1.807) is 34.9 Å². The van der Waals surface area contributed by atoms with E-state index >= 15 is 0 Å². The van der Waals surface area contributed by atoms with Crippen molar-refractivity contribution in [1.29, 1.82) is 0 Å². The van der Waals surface area contributed by atoms with Gasteiger partial charge in [0, 0.05) is 36.5 Å². The van der Waals surface area contributed by atoms with E-state index in [2.05, 4.69) is 0 Å². The van der Waals surface area contributed by atoms with Crippen LogP contribution in [0.5, 0.6) is 0 Å². The van der Waals surface area contributed by atoms with Gasteiger partial charge in [0.25, 0.3) is 5.56 Å². The van der Waals surface area contributed by atoms with Gasteiger partial charge in [0.05, 0.1) is 10.6 Å². The van der Waals surface area contributed by atoms with Crippen LogP contribution in [0.15, 0.2) is 32.8 Å². The van der Waals surface area contributed by atoms with E-state index in [1.807, 2.05) is 36.7 Å². The van der Waals surface area contributed by atoms with Gasteiger partial charge in [-0.25, -0.2) is 4.98 Å². The quantitative estimate of drug-likeness (QED) is 0.489. The first-order valence-corrected chi connectivity index (χ1v) is 10.5. The maximum Gasteiger partial charge on any atom is 0.263 e. The molecule has 25 heavy (non-hydrogen) atoms. The number of amides is 1. The zero-order valence-corrected chi connectivity index (χ0v) is 16.9. The van der Waals surface area contributed by atoms with Crippen molar-refractivity contribution in [2.24, 2.45) is 0 Å². The zero-order chi connectivity index (χ0) is 18.1. The van der Waals surface area contributed by atoms with Crippen LogP contribution in [-0.2, 0) is 11.3 Å². The van der Waals surface area contributed by atoms with Gasteiger partial charge >= 0.3 is 0 Å². The third-order valence-corrected chi connectivity index (χ3v) is 6.69. The van der Waals surface area contributed by atoms with Gasteiger partial charge in [0.15, 0.2) is 5.16 Å². The van der Waals surface area contributed by atoms with Gasteiger partial charge in [0.2, 0.25) is 5.91 Å². The molecule has 3 aromatic rings. The smallest absolute Gasteiger partial charge is 0.263 e. The third kappa shape index (κ3) is 3.38. The average Bonchev–Trinajstić information content (AvgIpc) is 3.23. The van der Waals surface area contributed by atoms with Crippen LogP contribution in [0.1, 0.15) is 13.8 Å². The minimum absolute atomic E-state index is 0.00690. The predicted molar refractivity (Wildman–Crippen MR) is 107 cm³/mol. The van der Waals surface area contributed by atoms with Crippen LogP contribution in [0.25, 0.3) is 20.7 Å². The van der Waals surface area contributed by atoms with Gasteiger partial charge in [-0.05, 0) is 25.3 Å². The number of thioether (sulfide) groups is 1. The summed E-state index contributed by atoms with van der Waals surface area (Å²) in [6, 6.07) is 4.00. The Labute approximate surface area is 158 Å². The van der Waals surface area contributed by atoms with E-state index in [0.717, 1.165) is 15.3 Å². The molecule has 0 bridgehead atoms. The number of carbonyl (C=O) groups excluding carboxylic acids is 1. The molecule has 3 heterocycles. The SMILES string of the molecule is CCn1c(S[C@@H](C)C(=O)N(C)C)nc2scc(-c3cccs3)c2c1=O.